The van der Waals surface area contributed by atoms with E-state index < -0.39 is 0 Å². The first-order chi connectivity index (χ1) is 7.18. The third-order valence-corrected chi connectivity index (χ3v) is 3.09. The summed E-state index contributed by atoms with van der Waals surface area (Å²) >= 11 is 4.50. The summed E-state index contributed by atoms with van der Waals surface area (Å²) in [5.41, 5.74) is 0.263. The van der Waals surface area contributed by atoms with Crippen LogP contribution >= 0.6 is 27.3 Å². The molecular weight excluding hydrogens is 278 g/mol. The normalized spacial score (nSPS) is 10.2. The van der Waals surface area contributed by atoms with Crippen molar-refractivity contribution in [3.8, 4) is 5.75 Å². The molecule has 1 aromatic heterocycles. The van der Waals surface area contributed by atoms with Gasteiger partial charge < -0.3 is 5.11 Å². The van der Waals surface area contributed by atoms with Crippen molar-refractivity contribution < 1.29 is 9.90 Å². The Morgan fingerprint density at radius 3 is 2.93 bits per heavy atom. The Morgan fingerprint density at radius 2 is 2.27 bits per heavy atom. The Labute approximate surface area is 98.5 Å². The molecule has 2 aromatic rings. The van der Waals surface area contributed by atoms with Crippen LogP contribution in [0.4, 0.5) is 0 Å². The summed E-state index contributed by atoms with van der Waals surface area (Å²) < 4.78 is 0.750. The van der Waals surface area contributed by atoms with Crippen molar-refractivity contribution in [2.24, 2.45) is 0 Å². The molecule has 0 saturated heterocycles. The second-order valence-corrected chi connectivity index (χ2v) is 4.64. The molecule has 0 aliphatic rings. The highest BCUT2D eigenvalue weighted by atomic mass is 79.9. The van der Waals surface area contributed by atoms with Crippen LogP contribution in [-0.2, 0) is 0 Å². The summed E-state index contributed by atoms with van der Waals surface area (Å²) in [5, 5.41) is 11.6. The number of nitrogens with zero attached hydrogens (tertiary/aromatic N) is 1. The number of aromatic hydroxyl groups is 1. The van der Waals surface area contributed by atoms with Crippen molar-refractivity contribution in [3.05, 3.63) is 44.8 Å². The predicted octanol–water partition coefficient (Wildman–Crippen LogP) is 2.84. The van der Waals surface area contributed by atoms with Crippen LogP contribution in [-0.4, -0.2) is 15.9 Å². The zero-order chi connectivity index (χ0) is 10.8. The monoisotopic (exact) mass is 283 g/mol. The molecule has 0 fully saturated rings. The number of carbonyl (C=O) groups excluding carboxylic acids is 1. The number of ketones is 1. The number of benzene rings is 1. The quantitative estimate of drug-likeness (QED) is 0.863. The van der Waals surface area contributed by atoms with Crippen LogP contribution in [0, 0.1) is 0 Å². The Bertz CT molecular complexity index is 496. The molecule has 0 bridgehead atoms. The summed E-state index contributed by atoms with van der Waals surface area (Å²) in [6.07, 6.45) is 1.56. The average molecular weight is 284 g/mol. The van der Waals surface area contributed by atoms with Crippen LogP contribution in [0.25, 0.3) is 0 Å². The molecule has 0 saturated carbocycles. The molecule has 3 nitrogen and oxygen atoms in total. The number of hydrogen-bond donors (Lipinski definition) is 1. The van der Waals surface area contributed by atoms with E-state index in [1.807, 2.05) is 0 Å². The first kappa shape index (κ1) is 10.3. The molecule has 0 radical (unpaired) electrons. The molecule has 0 atom stereocenters. The standard InChI is InChI=1S/C10H6BrNO2S/c11-6-1-2-8(13)7(5-6)9(14)10-12-3-4-15-10/h1-5,13H. The van der Waals surface area contributed by atoms with E-state index in [1.54, 1.807) is 23.7 Å². The molecular formula is C10H6BrNO2S. The van der Waals surface area contributed by atoms with E-state index >= 15 is 0 Å². The van der Waals surface area contributed by atoms with Crippen LogP contribution in [0.3, 0.4) is 0 Å². The highest BCUT2D eigenvalue weighted by Gasteiger charge is 2.15. The fraction of sp³-hybridized carbons (Fsp3) is 0. The number of thiazole rings is 1. The minimum Gasteiger partial charge on any atom is -0.507 e. The maximum atomic E-state index is 11.8. The third-order valence-electron chi connectivity index (χ3n) is 1.83. The lowest BCUT2D eigenvalue weighted by molar-refractivity contribution is 0.103. The van der Waals surface area contributed by atoms with Crippen LogP contribution < -0.4 is 0 Å². The molecule has 0 amide bonds. The van der Waals surface area contributed by atoms with Gasteiger partial charge in [0.25, 0.3) is 0 Å². The first-order valence-corrected chi connectivity index (χ1v) is 5.78. The summed E-state index contributed by atoms with van der Waals surface area (Å²) in [6, 6.07) is 4.73. The van der Waals surface area contributed by atoms with E-state index in [9.17, 15) is 9.90 Å². The van der Waals surface area contributed by atoms with Gasteiger partial charge in [-0.25, -0.2) is 4.98 Å². The van der Waals surface area contributed by atoms with Crippen molar-refractivity contribution in [1.29, 1.82) is 0 Å². The molecule has 5 heteroatoms. The van der Waals surface area contributed by atoms with Gasteiger partial charge in [-0.05, 0) is 18.2 Å². The van der Waals surface area contributed by atoms with Crippen molar-refractivity contribution in [2.45, 2.75) is 0 Å². The lowest BCUT2D eigenvalue weighted by Gasteiger charge is -2.01. The lowest BCUT2D eigenvalue weighted by Crippen LogP contribution is -2.00. The Hall–Kier alpha value is -1.20. The number of halogens is 1. The minimum absolute atomic E-state index is 0.0293. The van der Waals surface area contributed by atoms with Crippen LogP contribution in [0.1, 0.15) is 15.4 Å². The van der Waals surface area contributed by atoms with E-state index in [0.717, 1.165) is 4.47 Å². The fourth-order valence-corrected chi connectivity index (χ4v) is 2.09. The molecule has 0 spiro atoms. The number of rotatable bonds is 2. The van der Waals surface area contributed by atoms with E-state index in [2.05, 4.69) is 20.9 Å². The van der Waals surface area contributed by atoms with Crippen molar-refractivity contribution in [2.75, 3.05) is 0 Å². The predicted molar refractivity (Wildman–Crippen MR) is 61.4 cm³/mol. The summed E-state index contributed by atoms with van der Waals surface area (Å²) in [4.78, 5) is 15.8. The zero-order valence-electron chi connectivity index (χ0n) is 7.48. The zero-order valence-corrected chi connectivity index (χ0v) is 9.88. The third kappa shape index (κ3) is 2.08. The van der Waals surface area contributed by atoms with Crippen LogP contribution in [0.5, 0.6) is 5.75 Å². The van der Waals surface area contributed by atoms with Crippen molar-refractivity contribution in [1.82, 2.24) is 4.98 Å². The molecule has 1 N–H and O–H groups in total. The van der Waals surface area contributed by atoms with Gasteiger partial charge in [-0.2, -0.15) is 0 Å². The maximum absolute atomic E-state index is 11.8. The molecule has 15 heavy (non-hydrogen) atoms. The van der Waals surface area contributed by atoms with Gasteiger partial charge in [-0.3, -0.25) is 4.79 Å². The summed E-state index contributed by atoms with van der Waals surface area (Å²) in [6.45, 7) is 0. The molecule has 76 valence electrons. The van der Waals surface area contributed by atoms with Gasteiger partial charge in [-0.15, -0.1) is 11.3 Å². The number of phenols is 1. The van der Waals surface area contributed by atoms with E-state index in [4.69, 9.17) is 0 Å². The molecule has 1 heterocycles. The SMILES string of the molecule is O=C(c1nccs1)c1cc(Br)ccc1O. The molecule has 2 rings (SSSR count). The van der Waals surface area contributed by atoms with Gasteiger partial charge >= 0.3 is 0 Å². The molecule has 1 aromatic carbocycles. The molecule has 0 aliphatic carbocycles. The maximum Gasteiger partial charge on any atom is 0.225 e. The van der Waals surface area contributed by atoms with E-state index in [-0.39, 0.29) is 17.1 Å². The van der Waals surface area contributed by atoms with Gasteiger partial charge in [0.2, 0.25) is 5.78 Å². The average Bonchev–Trinajstić information content (AvgIpc) is 2.74. The van der Waals surface area contributed by atoms with Crippen LogP contribution in [0.15, 0.2) is 34.2 Å². The Kier molecular flexibility index (Phi) is 2.83. The van der Waals surface area contributed by atoms with Gasteiger partial charge in [0.1, 0.15) is 5.75 Å². The van der Waals surface area contributed by atoms with E-state index in [0.29, 0.717) is 5.01 Å². The highest BCUT2D eigenvalue weighted by Crippen LogP contribution is 2.24. The molecule has 0 unspecified atom stereocenters. The van der Waals surface area contributed by atoms with Gasteiger partial charge in [-0.1, -0.05) is 15.9 Å². The topological polar surface area (TPSA) is 50.2 Å². The number of hydrogen-bond acceptors (Lipinski definition) is 4. The largest absolute Gasteiger partial charge is 0.507 e. The smallest absolute Gasteiger partial charge is 0.225 e. The Balaban J connectivity index is 2.46. The van der Waals surface area contributed by atoms with Crippen molar-refractivity contribution >= 4 is 33.0 Å². The highest BCUT2D eigenvalue weighted by molar-refractivity contribution is 9.10. The fourth-order valence-electron chi connectivity index (χ4n) is 1.14. The van der Waals surface area contributed by atoms with Gasteiger partial charge in [0.15, 0.2) is 5.01 Å². The van der Waals surface area contributed by atoms with E-state index in [1.165, 1.54) is 17.4 Å². The minimum atomic E-state index is -0.260. The number of carbonyl (C=O) groups is 1. The van der Waals surface area contributed by atoms with Gasteiger partial charge in [0.05, 0.1) is 5.56 Å². The lowest BCUT2D eigenvalue weighted by atomic mass is 10.1. The van der Waals surface area contributed by atoms with Crippen molar-refractivity contribution in [3.63, 3.8) is 0 Å². The summed E-state index contributed by atoms with van der Waals surface area (Å²) in [7, 11) is 0. The number of phenolic OH excluding ortho intramolecular Hbond substituents is 1. The van der Waals surface area contributed by atoms with Gasteiger partial charge in [0, 0.05) is 16.0 Å². The second kappa shape index (κ2) is 4.12. The van der Waals surface area contributed by atoms with Crippen LogP contribution in [0.2, 0.25) is 0 Å². The first-order valence-electron chi connectivity index (χ1n) is 4.11. The number of aromatic nitrogens is 1. The molecule has 0 aliphatic heterocycles. The summed E-state index contributed by atoms with van der Waals surface area (Å²) in [5.74, 6) is -0.290. The Morgan fingerprint density at radius 1 is 1.47 bits per heavy atom. The second-order valence-electron chi connectivity index (χ2n) is 2.83.